The van der Waals surface area contributed by atoms with E-state index in [-0.39, 0.29) is 6.73 Å². The van der Waals surface area contributed by atoms with Gasteiger partial charge in [0.05, 0.1) is 13.3 Å². The first kappa shape index (κ1) is 4.05. The van der Waals surface area contributed by atoms with E-state index in [1.54, 1.807) is 0 Å². The van der Waals surface area contributed by atoms with Crippen LogP contribution in [0.25, 0.3) is 0 Å². The van der Waals surface area contributed by atoms with Crippen molar-refractivity contribution in [2.45, 2.75) is 0 Å². The first-order valence-electron chi connectivity index (χ1n) is 1.89. The van der Waals surface area contributed by atoms with E-state index in [0.717, 1.165) is 5.06 Å². The number of hydroxylamine groups is 2. The quantitative estimate of drug-likeness (QED) is 0.410. The fourth-order valence-corrected chi connectivity index (χ4v) is 0.397. The standard InChI is InChI=1S/C3H6NO2/c5-4-1-2-6-3-4/h1-3H2/q-1. The van der Waals surface area contributed by atoms with Crippen molar-refractivity contribution in [3.05, 3.63) is 5.21 Å². The summed E-state index contributed by atoms with van der Waals surface area (Å²) in [4.78, 5) is 0. The van der Waals surface area contributed by atoms with Crippen LogP contribution in [0, 0.1) is 5.21 Å². The summed E-state index contributed by atoms with van der Waals surface area (Å²) in [5.41, 5.74) is 0. The Balaban J connectivity index is 2.18. The van der Waals surface area contributed by atoms with Crippen LogP contribution in [0.2, 0.25) is 0 Å². The molecular weight excluding hydrogens is 82.0 g/mol. The van der Waals surface area contributed by atoms with Gasteiger partial charge in [-0.15, -0.1) is 0 Å². The lowest BCUT2D eigenvalue weighted by molar-refractivity contribution is 0.162. The molecule has 3 nitrogen and oxygen atoms in total. The number of ether oxygens (including phenoxy) is 1. The van der Waals surface area contributed by atoms with Gasteiger partial charge in [0.25, 0.3) is 0 Å². The molecule has 0 bridgehead atoms. The minimum absolute atomic E-state index is 0.264. The molecule has 0 atom stereocenters. The largest absolute Gasteiger partial charge is 0.783 e. The van der Waals surface area contributed by atoms with Gasteiger partial charge in [0.2, 0.25) is 0 Å². The smallest absolute Gasteiger partial charge is 0.0878 e. The van der Waals surface area contributed by atoms with Crippen molar-refractivity contribution in [1.29, 1.82) is 0 Å². The summed E-state index contributed by atoms with van der Waals surface area (Å²) in [6.07, 6.45) is 0. The third kappa shape index (κ3) is 0.680. The average Bonchev–Trinajstić information content (AvgIpc) is 1.86. The lowest BCUT2D eigenvalue weighted by Gasteiger charge is -2.16. The second-order valence-electron chi connectivity index (χ2n) is 1.24. The molecule has 0 aliphatic carbocycles. The zero-order chi connectivity index (χ0) is 4.41. The van der Waals surface area contributed by atoms with Crippen molar-refractivity contribution in [2.75, 3.05) is 19.9 Å². The van der Waals surface area contributed by atoms with Crippen LogP contribution in [-0.4, -0.2) is 24.9 Å². The molecule has 0 saturated carbocycles. The normalized spacial score (nSPS) is 25.5. The monoisotopic (exact) mass is 88.0 g/mol. The molecular formula is C3H6NO2-. The Morgan fingerprint density at radius 2 is 2.50 bits per heavy atom. The van der Waals surface area contributed by atoms with E-state index in [2.05, 4.69) is 4.74 Å². The van der Waals surface area contributed by atoms with Gasteiger partial charge in [-0.25, -0.2) is 0 Å². The fraction of sp³-hybridized carbons (Fsp3) is 1.00. The molecule has 0 aromatic carbocycles. The first-order valence-corrected chi connectivity index (χ1v) is 1.89. The van der Waals surface area contributed by atoms with Crippen molar-refractivity contribution in [1.82, 2.24) is 5.06 Å². The molecule has 6 heavy (non-hydrogen) atoms. The van der Waals surface area contributed by atoms with Crippen LogP contribution in [0.4, 0.5) is 0 Å². The van der Waals surface area contributed by atoms with Crippen LogP contribution in [0.5, 0.6) is 0 Å². The van der Waals surface area contributed by atoms with E-state index >= 15 is 0 Å². The Kier molecular flexibility index (Phi) is 1.05. The molecule has 0 amide bonds. The third-order valence-corrected chi connectivity index (χ3v) is 0.720. The SMILES string of the molecule is [O-]N1CCOC1. The maximum Gasteiger partial charge on any atom is 0.0878 e. The highest BCUT2D eigenvalue weighted by Gasteiger charge is 1.97. The molecule has 1 heterocycles. The molecule has 1 fully saturated rings. The average molecular weight is 88.1 g/mol. The Morgan fingerprint density at radius 3 is 2.67 bits per heavy atom. The van der Waals surface area contributed by atoms with E-state index in [4.69, 9.17) is 0 Å². The van der Waals surface area contributed by atoms with Gasteiger partial charge in [-0.2, -0.15) is 0 Å². The molecule has 0 aromatic rings. The summed E-state index contributed by atoms with van der Waals surface area (Å²) in [5, 5.41) is 10.9. The summed E-state index contributed by atoms with van der Waals surface area (Å²) in [6, 6.07) is 0. The lowest BCUT2D eigenvalue weighted by atomic mass is 10.7. The second kappa shape index (κ2) is 1.55. The molecule has 1 saturated heterocycles. The minimum Gasteiger partial charge on any atom is -0.783 e. The summed E-state index contributed by atoms with van der Waals surface area (Å²) in [6.45, 7) is 1.41. The highest BCUT2D eigenvalue weighted by molar-refractivity contribution is 4.55. The maximum atomic E-state index is 10.0. The Labute approximate surface area is 36.1 Å². The number of rotatable bonds is 0. The zero-order valence-electron chi connectivity index (χ0n) is 3.39. The summed E-state index contributed by atoms with van der Waals surface area (Å²) in [5.74, 6) is 0. The zero-order valence-corrected chi connectivity index (χ0v) is 3.39. The first-order chi connectivity index (χ1) is 2.89. The van der Waals surface area contributed by atoms with Crippen molar-refractivity contribution >= 4 is 0 Å². The van der Waals surface area contributed by atoms with E-state index in [1.165, 1.54) is 0 Å². The van der Waals surface area contributed by atoms with Gasteiger partial charge in [-0.1, -0.05) is 0 Å². The minimum atomic E-state index is 0.264. The Morgan fingerprint density at radius 1 is 1.67 bits per heavy atom. The van der Waals surface area contributed by atoms with Crippen LogP contribution in [0.1, 0.15) is 0 Å². The Hall–Kier alpha value is -0.120. The molecule has 1 aliphatic heterocycles. The topological polar surface area (TPSA) is 35.5 Å². The van der Waals surface area contributed by atoms with Crippen molar-refractivity contribution in [3.8, 4) is 0 Å². The molecule has 0 spiro atoms. The van der Waals surface area contributed by atoms with E-state index in [1.807, 2.05) is 0 Å². The third-order valence-electron chi connectivity index (χ3n) is 0.720. The lowest BCUT2D eigenvalue weighted by Crippen LogP contribution is -2.09. The van der Waals surface area contributed by atoms with Gasteiger partial charge in [0.1, 0.15) is 0 Å². The van der Waals surface area contributed by atoms with Crippen molar-refractivity contribution < 1.29 is 4.74 Å². The van der Waals surface area contributed by atoms with Crippen LogP contribution in [0.15, 0.2) is 0 Å². The molecule has 3 heteroatoms. The molecule has 0 unspecified atom stereocenters. The predicted molar refractivity (Wildman–Crippen MR) is 20.9 cm³/mol. The molecule has 1 aliphatic rings. The molecule has 0 radical (unpaired) electrons. The second-order valence-corrected chi connectivity index (χ2v) is 1.24. The van der Waals surface area contributed by atoms with Gasteiger partial charge in [-0.3, -0.25) is 0 Å². The Bertz CT molecular complexity index is 42.1. The van der Waals surface area contributed by atoms with Crippen LogP contribution < -0.4 is 0 Å². The van der Waals surface area contributed by atoms with Gasteiger partial charge in [0, 0.05) is 6.54 Å². The molecule has 0 aromatic heterocycles. The summed E-state index contributed by atoms with van der Waals surface area (Å²) >= 11 is 0. The number of nitrogens with zero attached hydrogens (tertiary/aromatic N) is 1. The van der Waals surface area contributed by atoms with Crippen LogP contribution >= 0.6 is 0 Å². The van der Waals surface area contributed by atoms with Gasteiger partial charge >= 0.3 is 0 Å². The van der Waals surface area contributed by atoms with Gasteiger partial charge < -0.3 is 15.0 Å². The van der Waals surface area contributed by atoms with Crippen LogP contribution in [-0.2, 0) is 4.74 Å². The highest BCUT2D eigenvalue weighted by Crippen LogP contribution is 1.92. The van der Waals surface area contributed by atoms with Gasteiger partial charge in [0.15, 0.2) is 0 Å². The summed E-state index contributed by atoms with van der Waals surface area (Å²) in [7, 11) is 0. The van der Waals surface area contributed by atoms with Crippen molar-refractivity contribution in [3.63, 3.8) is 0 Å². The van der Waals surface area contributed by atoms with E-state index in [0.29, 0.717) is 13.2 Å². The summed E-state index contributed by atoms with van der Waals surface area (Å²) < 4.78 is 4.67. The van der Waals surface area contributed by atoms with E-state index < -0.39 is 0 Å². The van der Waals surface area contributed by atoms with Crippen LogP contribution in [0.3, 0.4) is 0 Å². The molecule has 1 rings (SSSR count). The fourth-order valence-electron chi connectivity index (χ4n) is 0.397. The number of hydrogen-bond acceptors (Lipinski definition) is 3. The molecule has 0 N–H and O–H groups in total. The highest BCUT2D eigenvalue weighted by atomic mass is 16.6. The predicted octanol–water partition coefficient (Wildman–Crippen LogP) is -0.226. The van der Waals surface area contributed by atoms with Crippen molar-refractivity contribution in [2.24, 2.45) is 0 Å². The van der Waals surface area contributed by atoms with Gasteiger partial charge in [-0.05, 0) is 0 Å². The molecule has 36 valence electrons. The number of hydrogen-bond donors (Lipinski definition) is 0. The maximum absolute atomic E-state index is 10.0. The van der Waals surface area contributed by atoms with E-state index in [9.17, 15) is 5.21 Å².